The lowest BCUT2D eigenvalue weighted by Crippen LogP contribution is -2.30. The van der Waals surface area contributed by atoms with Gasteiger partial charge in [-0.1, -0.05) is 314 Å². The molecule has 0 aliphatic carbocycles. The van der Waals surface area contributed by atoms with E-state index in [9.17, 15) is 43.2 Å². The van der Waals surface area contributed by atoms with Crippen LogP contribution in [0.1, 0.15) is 310 Å². The molecule has 3 N–H and O–H groups in total. The number of esters is 4. The Labute approximate surface area is 642 Å². The van der Waals surface area contributed by atoms with Crippen molar-refractivity contribution in [2.45, 2.75) is 329 Å². The van der Waals surface area contributed by atoms with E-state index >= 15 is 0 Å². The quantitative estimate of drug-likeness (QED) is 0.0169. The maximum absolute atomic E-state index is 13.1. The highest BCUT2D eigenvalue weighted by Crippen LogP contribution is 2.45. The molecule has 0 spiro atoms. The zero-order valence-corrected chi connectivity index (χ0v) is 67.8. The topological polar surface area (TPSA) is 237 Å². The molecule has 0 saturated carbocycles. The fourth-order valence-corrected chi connectivity index (χ4v) is 12.0. The summed E-state index contributed by atoms with van der Waals surface area (Å²) in [6, 6.07) is 0. The monoisotopic (exact) mass is 1520 g/mol. The highest BCUT2D eigenvalue weighted by atomic mass is 31.2. The van der Waals surface area contributed by atoms with Crippen LogP contribution in [0.5, 0.6) is 0 Å². The summed E-state index contributed by atoms with van der Waals surface area (Å²) in [5.41, 5.74) is 0. The maximum Gasteiger partial charge on any atom is 0.472 e. The third-order valence-electron chi connectivity index (χ3n) is 16.5. The molecule has 0 aromatic carbocycles. The van der Waals surface area contributed by atoms with E-state index in [4.69, 9.17) is 37.0 Å². The average molecular weight is 1520 g/mol. The number of unbranched alkanes of at least 4 members (excludes halogenated alkanes) is 23. The molecule has 0 amide bonds. The van der Waals surface area contributed by atoms with Crippen LogP contribution in [-0.4, -0.2) is 96.7 Å². The molecule has 0 aromatic heterocycles. The second-order valence-corrected chi connectivity index (χ2v) is 29.5. The number of aliphatic hydroxyl groups excluding tert-OH is 1. The third kappa shape index (κ3) is 76.9. The first kappa shape index (κ1) is 101. The Hall–Kier alpha value is -5.32. The first-order valence-corrected chi connectivity index (χ1v) is 43.7. The lowest BCUT2D eigenvalue weighted by Gasteiger charge is -2.21. The van der Waals surface area contributed by atoms with E-state index in [1.54, 1.807) is 0 Å². The van der Waals surface area contributed by atoms with Crippen LogP contribution in [0, 0.1) is 0 Å². The zero-order valence-electron chi connectivity index (χ0n) is 66.1. The fourth-order valence-electron chi connectivity index (χ4n) is 10.4. The Morgan fingerprint density at radius 2 is 0.509 bits per heavy atom. The number of carbonyl (C=O) groups excluding carboxylic acids is 4. The number of rotatable bonds is 75. The summed E-state index contributed by atoms with van der Waals surface area (Å²) in [6.07, 6.45) is 91.1. The molecule has 0 saturated heterocycles. The minimum Gasteiger partial charge on any atom is -0.462 e. The molecular weight excluding hydrogens is 1380 g/mol. The van der Waals surface area contributed by atoms with Crippen LogP contribution in [0.15, 0.2) is 158 Å². The molecule has 106 heavy (non-hydrogen) atoms. The van der Waals surface area contributed by atoms with E-state index in [0.717, 1.165) is 128 Å². The van der Waals surface area contributed by atoms with E-state index in [-0.39, 0.29) is 25.7 Å². The molecule has 0 aliphatic heterocycles. The van der Waals surface area contributed by atoms with Gasteiger partial charge < -0.3 is 33.8 Å². The minimum absolute atomic E-state index is 0.0296. The molecule has 17 nitrogen and oxygen atoms in total. The molecular formula is C87H144O17P2. The lowest BCUT2D eigenvalue weighted by atomic mass is 10.0. The number of phosphoric ester groups is 2. The predicted octanol–water partition coefficient (Wildman–Crippen LogP) is 24.0. The van der Waals surface area contributed by atoms with E-state index in [1.165, 1.54) is 89.9 Å². The van der Waals surface area contributed by atoms with Crippen molar-refractivity contribution in [1.29, 1.82) is 0 Å². The van der Waals surface area contributed by atoms with Crippen LogP contribution in [0.25, 0.3) is 0 Å². The molecule has 0 bridgehead atoms. The number of carbonyl (C=O) groups is 4. The van der Waals surface area contributed by atoms with Crippen LogP contribution in [0.2, 0.25) is 0 Å². The van der Waals surface area contributed by atoms with Gasteiger partial charge in [0, 0.05) is 25.7 Å². The number of aliphatic hydroxyl groups is 1. The molecule has 5 unspecified atom stereocenters. The first-order chi connectivity index (χ1) is 51.7. The molecule has 0 aliphatic rings. The van der Waals surface area contributed by atoms with Crippen LogP contribution >= 0.6 is 15.6 Å². The molecule has 0 heterocycles. The van der Waals surface area contributed by atoms with Gasteiger partial charge in [0.05, 0.1) is 26.4 Å². The highest BCUT2D eigenvalue weighted by molar-refractivity contribution is 7.47. The largest absolute Gasteiger partial charge is 0.472 e. The molecule has 0 rings (SSSR count). The van der Waals surface area contributed by atoms with Crippen molar-refractivity contribution in [3.8, 4) is 0 Å². The van der Waals surface area contributed by atoms with Crippen molar-refractivity contribution in [1.82, 2.24) is 0 Å². The van der Waals surface area contributed by atoms with E-state index in [0.29, 0.717) is 38.5 Å². The summed E-state index contributed by atoms with van der Waals surface area (Å²) in [7, 11) is -10.0. The number of phosphoric acid groups is 2. The molecule has 19 heteroatoms. The van der Waals surface area contributed by atoms with Crippen molar-refractivity contribution in [2.75, 3.05) is 39.6 Å². The van der Waals surface area contributed by atoms with Crippen molar-refractivity contribution in [3.63, 3.8) is 0 Å². The summed E-state index contributed by atoms with van der Waals surface area (Å²) in [6.45, 7) is 4.47. The maximum atomic E-state index is 13.1. The van der Waals surface area contributed by atoms with Gasteiger partial charge in [0.25, 0.3) is 0 Å². The van der Waals surface area contributed by atoms with Gasteiger partial charge >= 0.3 is 39.5 Å². The SMILES string of the molecule is CC/C=C\C/C=C\C/C=C\C/C=C\C/C=C\C/C=C\CCC(=O)OCC(COP(=O)(O)OCC(O)COP(=O)(O)OCC(COC(=O)CC/C=C\C/C=C\C/C=C\C/C=C\C/C=C\C/C=C\CC)OC(=O)CCCCCCCCCCCCCCC)OC(=O)CCCCCCC/C=C\CCCCCCCC. The van der Waals surface area contributed by atoms with Crippen LogP contribution in [-0.2, 0) is 65.4 Å². The second kappa shape index (κ2) is 77.8. The van der Waals surface area contributed by atoms with Gasteiger partial charge in [0.1, 0.15) is 19.3 Å². The van der Waals surface area contributed by atoms with Crippen LogP contribution in [0.3, 0.4) is 0 Å². The summed E-state index contributed by atoms with van der Waals surface area (Å²) >= 11 is 0. The normalized spacial score (nSPS) is 14.7. The Bertz CT molecular complexity index is 2630. The number of hydrogen-bond donors (Lipinski definition) is 3. The minimum atomic E-state index is -5.01. The van der Waals surface area contributed by atoms with Crippen molar-refractivity contribution < 1.29 is 80.2 Å². The number of allylic oxidation sites excluding steroid dienone is 26. The van der Waals surface area contributed by atoms with Crippen molar-refractivity contribution in [3.05, 3.63) is 158 Å². The van der Waals surface area contributed by atoms with E-state index in [2.05, 4.69) is 149 Å². The Morgan fingerprint density at radius 1 is 0.274 bits per heavy atom. The molecule has 0 aromatic rings. The van der Waals surface area contributed by atoms with Crippen molar-refractivity contribution in [2.24, 2.45) is 0 Å². The van der Waals surface area contributed by atoms with Gasteiger partial charge in [-0.2, -0.15) is 0 Å². The standard InChI is InChI=1S/C87H144O17P2/c1-5-9-13-17-21-25-29-33-36-38-40-42-45-48-51-55-59-63-67-71-84(89)97-77-82(103-86(91)73-69-65-61-57-53-47-32-28-24-20-16-12-8-4)79-101-105(93,94)99-75-81(88)76-100-106(95,96)102-80-83(104-87(92)74-70-66-62-58-54-50-44-35-31-27-23-19-15-11-7-3)78-98-85(90)72-68-64-60-56-52-49-46-43-41-39-37-34-30-26-22-18-14-10-6-2/h9-10,13-14,21-22,25-26,33-37,40-44,48-49,51-52,59-60,63-64,81-83,88H,5-8,11-12,15-20,23-24,27-32,38-39,45-47,50,53-58,61-62,65-80H2,1-4H3,(H,93,94)(H,95,96)/b13-9-,14-10-,25-21-,26-22-,36-33-,37-34-,42-40-,43-41-,44-35-,51-48-,52-49-,63-59-,64-60-. The zero-order chi connectivity index (χ0) is 77.4. The molecule has 604 valence electrons. The summed E-state index contributed by atoms with van der Waals surface area (Å²) in [4.78, 5) is 73.0. The van der Waals surface area contributed by atoms with E-state index < -0.39 is 97.5 Å². The van der Waals surface area contributed by atoms with Crippen LogP contribution in [0.4, 0.5) is 0 Å². The number of hydrogen-bond acceptors (Lipinski definition) is 15. The Balaban J connectivity index is 5.48. The molecule has 0 fully saturated rings. The smallest absolute Gasteiger partial charge is 0.462 e. The van der Waals surface area contributed by atoms with Gasteiger partial charge in [0.15, 0.2) is 12.2 Å². The average Bonchev–Trinajstić information content (AvgIpc) is 0.933. The van der Waals surface area contributed by atoms with Gasteiger partial charge in [-0.05, 0) is 128 Å². The summed E-state index contributed by atoms with van der Waals surface area (Å²) in [5, 5.41) is 10.6. The van der Waals surface area contributed by atoms with Gasteiger partial charge in [-0.3, -0.25) is 37.3 Å². The van der Waals surface area contributed by atoms with E-state index in [1.807, 2.05) is 36.5 Å². The third-order valence-corrected chi connectivity index (χ3v) is 18.4. The van der Waals surface area contributed by atoms with Gasteiger partial charge in [0.2, 0.25) is 0 Å². The lowest BCUT2D eigenvalue weighted by molar-refractivity contribution is -0.161. The molecule has 5 atom stereocenters. The first-order valence-electron chi connectivity index (χ1n) is 40.7. The summed E-state index contributed by atoms with van der Waals surface area (Å²) < 4.78 is 68.5. The molecule has 0 radical (unpaired) electrons. The summed E-state index contributed by atoms with van der Waals surface area (Å²) in [5.74, 6) is -2.38. The van der Waals surface area contributed by atoms with Crippen LogP contribution < -0.4 is 0 Å². The predicted molar refractivity (Wildman–Crippen MR) is 436 cm³/mol. The van der Waals surface area contributed by atoms with Gasteiger partial charge in [-0.15, -0.1) is 0 Å². The fraction of sp³-hybridized carbons (Fsp3) is 0.655. The Kier molecular flexibility index (Phi) is 73.9. The second-order valence-electron chi connectivity index (χ2n) is 26.6. The van der Waals surface area contributed by atoms with Gasteiger partial charge in [-0.25, -0.2) is 9.13 Å². The number of ether oxygens (including phenoxy) is 4. The Morgan fingerprint density at radius 3 is 0.792 bits per heavy atom. The van der Waals surface area contributed by atoms with Crippen molar-refractivity contribution >= 4 is 39.5 Å². The highest BCUT2D eigenvalue weighted by Gasteiger charge is 2.30.